The molecule has 2 aliphatic rings. The average Bonchev–Trinajstić information content (AvgIpc) is 3.39. The first-order valence-corrected chi connectivity index (χ1v) is 9.91. The van der Waals surface area contributed by atoms with E-state index in [0.717, 1.165) is 29.7 Å². The van der Waals surface area contributed by atoms with Gasteiger partial charge in [-0.2, -0.15) is 5.10 Å². The van der Waals surface area contributed by atoms with Gasteiger partial charge in [-0.1, -0.05) is 6.07 Å². The second kappa shape index (κ2) is 6.57. The van der Waals surface area contributed by atoms with Gasteiger partial charge in [0, 0.05) is 29.9 Å². The van der Waals surface area contributed by atoms with Crippen LogP contribution in [-0.4, -0.2) is 43.8 Å². The summed E-state index contributed by atoms with van der Waals surface area (Å²) in [5.41, 5.74) is 7.61. The maximum absolute atomic E-state index is 13.2. The highest BCUT2D eigenvalue weighted by Gasteiger charge is 2.57. The second-order valence-electron chi connectivity index (χ2n) is 8.92. The van der Waals surface area contributed by atoms with E-state index >= 15 is 0 Å². The van der Waals surface area contributed by atoms with Gasteiger partial charge >= 0.3 is 6.09 Å². The molecular formula is C21H27N5O3. The van der Waals surface area contributed by atoms with Crippen LogP contribution in [0, 0.1) is 6.92 Å². The van der Waals surface area contributed by atoms with E-state index in [1.165, 1.54) is 0 Å². The van der Waals surface area contributed by atoms with Crippen molar-refractivity contribution in [1.29, 1.82) is 0 Å². The number of amides is 2. The Morgan fingerprint density at radius 2 is 2.00 bits per heavy atom. The molecule has 2 amide bonds. The number of aromatic nitrogens is 3. The summed E-state index contributed by atoms with van der Waals surface area (Å²) in [6.07, 6.45) is 5.08. The number of ether oxygens (including phenoxy) is 1. The Kier molecular flexibility index (Phi) is 4.40. The lowest BCUT2D eigenvalue weighted by atomic mass is 9.83. The van der Waals surface area contributed by atoms with Gasteiger partial charge in [0.2, 0.25) is 0 Å². The third kappa shape index (κ3) is 3.26. The molecule has 1 unspecified atom stereocenters. The summed E-state index contributed by atoms with van der Waals surface area (Å²) >= 11 is 0. The molecule has 2 aromatic heterocycles. The van der Waals surface area contributed by atoms with Crippen molar-refractivity contribution in [2.75, 3.05) is 6.54 Å². The van der Waals surface area contributed by atoms with Gasteiger partial charge in [0.25, 0.3) is 5.91 Å². The van der Waals surface area contributed by atoms with Crippen LogP contribution in [0.4, 0.5) is 4.79 Å². The first-order valence-electron chi connectivity index (χ1n) is 9.91. The highest BCUT2D eigenvalue weighted by molar-refractivity contribution is 5.92. The molecule has 0 radical (unpaired) electrons. The van der Waals surface area contributed by atoms with E-state index in [0.29, 0.717) is 13.1 Å². The average molecular weight is 397 g/mol. The highest BCUT2D eigenvalue weighted by atomic mass is 16.6. The summed E-state index contributed by atoms with van der Waals surface area (Å²) in [5, 5.41) is 4.45. The molecule has 8 heteroatoms. The molecule has 0 spiro atoms. The van der Waals surface area contributed by atoms with Gasteiger partial charge in [0.05, 0.1) is 18.3 Å². The van der Waals surface area contributed by atoms with Crippen LogP contribution in [-0.2, 0) is 16.7 Å². The number of rotatable bonds is 3. The van der Waals surface area contributed by atoms with Gasteiger partial charge in [-0.25, -0.2) is 4.79 Å². The Hall–Kier alpha value is -2.90. The minimum Gasteiger partial charge on any atom is -0.444 e. The Morgan fingerprint density at radius 3 is 2.55 bits per heavy atom. The summed E-state index contributed by atoms with van der Waals surface area (Å²) in [7, 11) is 0. The molecule has 0 aromatic carbocycles. The van der Waals surface area contributed by atoms with Crippen LogP contribution < -0.4 is 5.73 Å². The molecular weight excluding hydrogens is 370 g/mol. The lowest BCUT2D eigenvalue weighted by molar-refractivity contribution is 0.00447. The van der Waals surface area contributed by atoms with E-state index in [2.05, 4.69) is 10.1 Å². The number of nitrogens with zero attached hydrogens (tertiary/aromatic N) is 4. The van der Waals surface area contributed by atoms with E-state index in [-0.39, 0.29) is 23.2 Å². The molecule has 2 aromatic rings. The Morgan fingerprint density at radius 1 is 1.28 bits per heavy atom. The SMILES string of the molecule is Cc1c(C(N)=O)nn2c1C(C1(c3cccnc3)CC1)N(C(=O)OC(C)(C)C)CC2. The van der Waals surface area contributed by atoms with Crippen LogP contribution >= 0.6 is 0 Å². The zero-order valence-corrected chi connectivity index (χ0v) is 17.3. The summed E-state index contributed by atoms with van der Waals surface area (Å²) in [6, 6.07) is 3.66. The smallest absolute Gasteiger partial charge is 0.410 e. The van der Waals surface area contributed by atoms with E-state index in [9.17, 15) is 9.59 Å². The van der Waals surface area contributed by atoms with Crippen LogP contribution in [0.2, 0.25) is 0 Å². The number of nitrogens with two attached hydrogens (primary N) is 1. The fourth-order valence-electron chi connectivity index (χ4n) is 4.38. The Bertz CT molecular complexity index is 957. The topological polar surface area (TPSA) is 103 Å². The maximum Gasteiger partial charge on any atom is 0.410 e. The number of primary amides is 1. The summed E-state index contributed by atoms with van der Waals surface area (Å²) < 4.78 is 7.56. The van der Waals surface area contributed by atoms with Crippen molar-refractivity contribution < 1.29 is 14.3 Å². The predicted molar refractivity (Wildman–Crippen MR) is 106 cm³/mol. The van der Waals surface area contributed by atoms with E-state index in [1.807, 2.05) is 50.7 Å². The zero-order valence-electron chi connectivity index (χ0n) is 17.3. The third-order valence-electron chi connectivity index (χ3n) is 5.77. The minimum atomic E-state index is -0.599. The van der Waals surface area contributed by atoms with Crippen LogP contribution in [0.1, 0.15) is 67.0 Å². The van der Waals surface area contributed by atoms with Crippen LogP contribution in [0.25, 0.3) is 0 Å². The molecule has 8 nitrogen and oxygen atoms in total. The molecule has 4 rings (SSSR count). The molecule has 0 saturated heterocycles. The fraction of sp³-hybridized carbons (Fsp3) is 0.524. The highest BCUT2D eigenvalue weighted by Crippen LogP contribution is 2.59. The molecule has 3 heterocycles. The normalized spacial score (nSPS) is 20.1. The van der Waals surface area contributed by atoms with Gasteiger partial charge in [0.15, 0.2) is 5.69 Å². The number of pyridine rings is 1. The van der Waals surface area contributed by atoms with Crippen molar-refractivity contribution in [3.63, 3.8) is 0 Å². The van der Waals surface area contributed by atoms with E-state index in [1.54, 1.807) is 11.1 Å². The van der Waals surface area contributed by atoms with Crippen LogP contribution in [0.15, 0.2) is 24.5 Å². The summed E-state index contributed by atoms with van der Waals surface area (Å²) in [4.78, 5) is 31.2. The van der Waals surface area contributed by atoms with Crippen molar-refractivity contribution in [2.24, 2.45) is 5.73 Å². The molecule has 1 aliphatic heterocycles. The van der Waals surface area contributed by atoms with E-state index < -0.39 is 11.5 Å². The van der Waals surface area contributed by atoms with E-state index in [4.69, 9.17) is 10.5 Å². The Balaban J connectivity index is 1.85. The number of fused-ring (bicyclic) bond motifs is 1. The van der Waals surface area contributed by atoms with Gasteiger partial charge < -0.3 is 10.5 Å². The number of carbonyl (C=O) groups is 2. The lowest BCUT2D eigenvalue weighted by Gasteiger charge is -2.42. The number of carbonyl (C=O) groups excluding carboxylic acids is 2. The molecule has 154 valence electrons. The van der Waals surface area contributed by atoms with Crippen molar-refractivity contribution in [1.82, 2.24) is 19.7 Å². The summed E-state index contributed by atoms with van der Waals surface area (Å²) in [6.45, 7) is 8.37. The van der Waals surface area contributed by atoms with Gasteiger partial charge in [-0.3, -0.25) is 19.4 Å². The fourth-order valence-corrected chi connectivity index (χ4v) is 4.38. The molecule has 1 atom stereocenters. The monoisotopic (exact) mass is 397 g/mol. The Labute approximate surface area is 170 Å². The summed E-state index contributed by atoms with van der Waals surface area (Å²) in [5.74, 6) is -0.557. The van der Waals surface area contributed by atoms with Crippen molar-refractivity contribution in [3.8, 4) is 0 Å². The zero-order chi connectivity index (χ0) is 21.0. The molecule has 1 fully saturated rings. The first-order chi connectivity index (χ1) is 13.6. The molecule has 29 heavy (non-hydrogen) atoms. The quantitative estimate of drug-likeness (QED) is 0.858. The lowest BCUT2D eigenvalue weighted by Crippen LogP contribution is -2.49. The number of hydrogen-bond donors (Lipinski definition) is 1. The molecule has 1 aliphatic carbocycles. The first kappa shape index (κ1) is 19.4. The third-order valence-corrected chi connectivity index (χ3v) is 5.77. The number of hydrogen-bond acceptors (Lipinski definition) is 5. The molecule has 1 saturated carbocycles. The van der Waals surface area contributed by atoms with Gasteiger partial charge in [0.1, 0.15) is 5.60 Å². The van der Waals surface area contributed by atoms with Crippen LogP contribution in [0.3, 0.4) is 0 Å². The minimum absolute atomic E-state index is 0.262. The molecule has 0 bridgehead atoms. The maximum atomic E-state index is 13.2. The van der Waals surface area contributed by atoms with Crippen molar-refractivity contribution >= 4 is 12.0 Å². The second-order valence-corrected chi connectivity index (χ2v) is 8.92. The van der Waals surface area contributed by atoms with Gasteiger partial charge in [-0.05, 0) is 52.2 Å². The predicted octanol–water partition coefficient (Wildman–Crippen LogP) is 2.71. The van der Waals surface area contributed by atoms with Crippen LogP contribution in [0.5, 0.6) is 0 Å². The van der Waals surface area contributed by atoms with Gasteiger partial charge in [-0.15, -0.1) is 0 Å². The van der Waals surface area contributed by atoms with Crippen molar-refractivity contribution in [3.05, 3.63) is 47.0 Å². The largest absolute Gasteiger partial charge is 0.444 e. The standard InChI is InChI=1S/C21H27N5O3/c1-13-15(18(22)27)24-26-11-10-25(19(28)29-20(2,3)4)17(16(13)26)21(7-8-21)14-6-5-9-23-12-14/h5-6,9,12,17H,7-8,10-11H2,1-4H3,(H2,22,27). The molecule has 2 N–H and O–H groups in total. The van der Waals surface area contributed by atoms with Crippen molar-refractivity contribution in [2.45, 2.75) is 64.1 Å².